The summed E-state index contributed by atoms with van der Waals surface area (Å²) in [6, 6.07) is 0. The third-order valence-corrected chi connectivity index (χ3v) is 12.8. The second-order valence-electron chi connectivity index (χ2n) is 19.4. The zero-order valence-corrected chi connectivity index (χ0v) is 42.6. The van der Waals surface area contributed by atoms with E-state index in [2.05, 4.69) is 55.6 Å². The maximum Gasteiger partial charge on any atom is 0.0784 e. The molecule has 0 aliphatic carbocycles. The lowest BCUT2D eigenvalue weighted by molar-refractivity contribution is -0.910. The van der Waals surface area contributed by atoms with Gasteiger partial charge in [0, 0.05) is 11.9 Å². The quantitative estimate of drug-likeness (QED) is 0.0451. The molecular weight excluding hydrogens is 741 g/mol. The number of aliphatic carboxylic acids is 2. The molecule has 0 rings (SSSR count). The summed E-state index contributed by atoms with van der Waals surface area (Å²) in [7, 11) is 5.12. The molecule has 0 aromatic carbocycles. The minimum Gasteiger partial charge on any atom is -0.550 e. The molecule has 0 aliphatic heterocycles. The molecule has 362 valence electrons. The van der Waals surface area contributed by atoms with Crippen molar-refractivity contribution in [2.75, 3.05) is 53.4 Å². The Balaban J connectivity index is -0.000000915. The number of rotatable bonds is 45. The number of hydrogen-bond donors (Lipinski definition) is 0. The smallest absolute Gasteiger partial charge is 0.0784 e. The van der Waals surface area contributed by atoms with E-state index in [9.17, 15) is 19.8 Å². The Bertz CT molecular complexity index is 700. The Morgan fingerprint density at radius 1 is 0.267 bits per heavy atom. The molecule has 0 saturated carbocycles. The summed E-state index contributed by atoms with van der Waals surface area (Å²) in [5.41, 5.74) is 0. The second-order valence-corrected chi connectivity index (χ2v) is 19.4. The van der Waals surface area contributed by atoms with Gasteiger partial charge in [0.2, 0.25) is 0 Å². The van der Waals surface area contributed by atoms with Crippen LogP contribution < -0.4 is 10.2 Å². The van der Waals surface area contributed by atoms with Gasteiger partial charge >= 0.3 is 0 Å². The van der Waals surface area contributed by atoms with Crippen molar-refractivity contribution in [1.29, 1.82) is 0 Å². The van der Waals surface area contributed by atoms with Crippen molar-refractivity contribution in [3.05, 3.63) is 0 Å². The van der Waals surface area contributed by atoms with Crippen LogP contribution in [0.1, 0.15) is 286 Å². The van der Waals surface area contributed by atoms with Crippen LogP contribution in [0.3, 0.4) is 0 Å². The van der Waals surface area contributed by atoms with Gasteiger partial charge in [-0.25, -0.2) is 0 Å². The van der Waals surface area contributed by atoms with Crippen molar-refractivity contribution >= 4 is 11.9 Å². The molecule has 0 aromatic rings. The van der Waals surface area contributed by atoms with Crippen LogP contribution in [0.5, 0.6) is 0 Å². The van der Waals surface area contributed by atoms with Gasteiger partial charge in [0.05, 0.1) is 53.4 Å². The van der Waals surface area contributed by atoms with E-state index in [0.29, 0.717) is 0 Å². The number of carboxylic acids is 2. The third-order valence-electron chi connectivity index (χ3n) is 12.8. The van der Waals surface area contributed by atoms with Gasteiger partial charge in [0.15, 0.2) is 0 Å². The van der Waals surface area contributed by atoms with E-state index < -0.39 is 24.8 Å². The average molecular weight is 853 g/mol. The lowest BCUT2D eigenvalue weighted by Crippen LogP contribution is -2.46. The molecule has 0 aromatic heterocycles. The minimum atomic E-state index is -1.37. The summed E-state index contributed by atoms with van der Waals surface area (Å²) in [4.78, 5) is 19.0. The fourth-order valence-corrected chi connectivity index (χ4v) is 8.52. The molecule has 0 amide bonds. The van der Waals surface area contributed by atoms with E-state index in [1.807, 2.05) is 0 Å². The minimum absolute atomic E-state index is 0.470. The maximum absolute atomic E-state index is 9.50. The van der Waals surface area contributed by atoms with Crippen LogP contribution in [-0.4, -0.2) is 74.3 Å². The average Bonchev–Trinajstić information content (AvgIpc) is 3.22. The van der Waals surface area contributed by atoms with Gasteiger partial charge in [-0.1, -0.05) is 196 Å². The summed E-state index contributed by atoms with van der Waals surface area (Å²) >= 11 is 0. The predicted molar refractivity (Wildman–Crippen MR) is 261 cm³/mol. The second kappa shape index (κ2) is 50.5. The molecule has 6 heteroatoms. The first-order chi connectivity index (χ1) is 29.0. The van der Waals surface area contributed by atoms with Crippen LogP contribution in [0.25, 0.3) is 0 Å². The van der Waals surface area contributed by atoms with E-state index in [4.69, 9.17) is 0 Å². The lowest BCUT2D eigenvalue weighted by Gasteiger charge is -2.35. The maximum atomic E-state index is 9.50. The molecule has 6 nitrogen and oxygen atoms in total. The highest BCUT2D eigenvalue weighted by atomic mass is 16.4. The first-order valence-electron chi connectivity index (χ1n) is 27.1. The van der Waals surface area contributed by atoms with Crippen molar-refractivity contribution in [1.82, 2.24) is 0 Å². The number of unbranched alkanes of at least 4 members (excludes halogenated alkanes) is 30. The van der Waals surface area contributed by atoms with Crippen molar-refractivity contribution in [3.8, 4) is 0 Å². The molecule has 0 fully saturated rings. The van der Waals surface area contributed by atoms with Crippen LogP contribution in [0.15, 0.2) is 0 Å². The molecule has 0 saturated heterocycles. The van der Waals surface area contributed by atoms with Gasteiger partial charge in [0.1, 0.15) is 0 Å². The fourth-order valence-electron chi connectivity index (χ4n) is 8.52. The molecular formula is C54H112N2O4. The highest BCUT2D eigenvalue weighted by Gasteiger charge is 2.21. The monoisotopic (exact) mass is 853 g/mol. The van der Waals surface area contributed by atoms with Crippen LogP contribution in [-0.2, 0) is 9.59 Å². The topological polar surface area (TPSA) is 80.3 Å². The number of hydrogen-bond acceptors (Lipinski definition) is 4. The Morgan fingerprint density at radius 2 is 0.400 bits per heavy atom. The molecule has 0 N–H and O–H groups in total. The Hall–Kier alpha value is -1.14. The molecule has 0 bridgehead atoms. The highest BCUT2D eigenvalue weighted by molar-refractivity contribution is 5.72. The van der Waals surface area contributed by atoms with Gasteiger partial charge in [-0.15, -0.1) is 0 Å². The number of quaternary nitrogens is 2. The van der Waals surface area contributed by atoms with Crippen molar-refractivity contribution in [2.45, 2.75) is 286 Å². The molecule has 0 radical (unpaired) electrons. The van der Waals surface area contributed by atoms with Crippen LogP contribution in [0.4, 0.5) is 0 Å². The predicted octanol–water partition coefficient (Wildman–Crippen LogP) is 14.3. The first-order valence-corrected chi connectivity index (χ1v) is 27.1. The molecule has 60 heavy (non-hydrogen) atoms. The lowest BCUT2D eigenvalue weighted by atomic mass is 10.1. The summed E-state index contributed by atoms with van der Waals surface area (Å²) in [6.07, 6.45) is 50.8. The van der Waals surface area contributed by atoms with Crippen molar-refractivity contribution in [2.24, 2.45) is 0 Å². The van der Waals surface area contributed by atoms with Gasteiger partial charge in [-0.3, -0.25) is 0 Å². The molecule has 0 unspecified atom stereocenters. The Labute approximate surface area is 378 Å². The van der Waals surface area contributed by atoms with E-state index >= 15 is 0 Å². The SMILES string of the molecule is CCCCCCCC[N+](C)(CCCCCCCC)CCCCCCCC.CCCCCCCC[N+](C)(CCCCCCCC)CCCCCCCC.O=C([O-])CCC(=O)[O-]. The Morgan fingerprint density at radius 3 is 0.533 bits per heavy atom. The molecule has 0 atom stereocenters. The van der Waals surface area contributed by atoms with Gasteiger partial charge in [-0.2, -0.15) is 0 Å². The standard InChI is InChI=1S/2C25H54N.C4H6O4/c2*1-5-8-11-14-17-20-23-26(4,24-21-18-15-12-9-6-2)25-22-19-16-13-10-7-3;5-3(6)1-2-4(7)8/h2*5-25H2,1-4H3;1-2H2,(H,5,6)(H,7,8)/q2*+1;/p-2. The zero-order valence-electron chi connectivity index (χ0n) is 42.6. The summed E-state index contributed by atoms with van der Waals surface area (Å²) in [5, 5.41) is 19.0. The van der Waals surface area contributed by atoms with E-state index in [1.165, 1.54) is 279 Å². The van der Waals surface area contributed by atoms with Crippen molar-refractivity contribution < 1.29 is 28.8 Å². The van der Waals surface area contributed by atoms with Gasteiger partial charge in [0.25, 0.3) is 0 Å². The van der Waals surface area contributed by atoms with E-state index in [-0.39, 0.29) is 0 Å². The van der Waals surface area contributed by atoms with Crippen molar-refractivity contribution in [3.63, 3.8) is 0 Å². The molecule has 0 heterocycles. The third kappa shape index (κ3) is 53.0. The van der Waals surface area contributed by atoms with Crippen LogP contribution >= 0.6 is 0 Å². The van der Waals surface area contributed by atoms with Gasteiger partial charge in [-0.05, 0) is 89.9 Å². The number of nitrogens with zero attached hydrogens (tertiary/aromatic N) is 2. The van der Waals surface area contributed by atoms with Crippen LogP contribution in [0.2, 0.25) is 0 Å². The first kappa shape index (κ1) is 63.2. The molecule has 0 spiro atoms. The number of carboxylic acid groups (broad SMARTS) is 2. The summed E-state index contributed by atoms with van der Waals surface area (Å²) in [6.45, 7) is 22.4. The number of carbonyl (C=O) groups excluding carboxylic acids is 2. The summed E-state index contributed by atoms with van der Waals surface area (Å²) < 4.78 is 2.71. The highest BCUT2D eigenvalue weighted by Crippen LogP contribution is 2.18. The van der Waals surface area contributed by atoms with Gasteiger partial charge < -0.3 is 28.8 Å². The zero-order chi connectivity index (χ0) is 45.3. The Kier molecular flexibility index (Phi) is 53.2. The van der Waals surface area contributed by atoms with E-state index in [0.717, 1.165) is 0 Å². The van der Waals surface area contributed by atoms with Crippen LogP contribution in [0, 0.1) is 0 Å². The van der Waals surface area contributed by atoms with E-state index in [1.54, 1.807) is 0 Å². The molecule has 0 aliphatic rings. The summed E-state index contributed by atoms with van der Waals surface area (Å²) in [5.74, 6) is -2.73. The normalized spacial score (nSPS) is 11.5. The largest absolute Gasteiger partial charge is 0.550 e. The fraction of sp³-hybridized carbons (Fsp3) is 0.963. The number of carbonyl (C=O) groups is 2.